The molecule has 0 saturated heterocycles. The monoisotopic (exact) mass is 420 g/mol. The van der Waals surface area contributed by atoms with E-state index in [1.165, 1.54) is 0 Å². The number of rotatable bonds is 6. The summed E-state index contributed by atoms with van der Waals surface area (Å²) in [4.78, 5) is 16.4. The first-order valence-corrected chi connectivity index (χ1v) is 10.2. The van der Waals surface area contributed by atoms with Gasteiger partial charge in [-0.1, -0.05) is 31.4 Å². The number of hydrogen-bond donors (Lipinski definition) is 2. The Labute approximate surface area is 186 Å². The lowest BCUT2D eigenvalue weighted by molar-refractivity contribution is 1.06. The zero-order valence-electron chi connectivity index (χ0n) is 18.1. The van der Waals surface area contributed by atoms with Gasteiger partial charge in [0, 0.05) is 35.4 Å². The van der Waals surface area contributed by atoms with E-state index in [-0.39, 0.29) is 0 Å². The van der Waals surface area contributed by atoms with E-state index in [9.17, 15) is 0 Å². The molecule has 0 radical (unpaired) electrons. The number of hydrogen-bond acceptors (Lipinski definition) is 4. The van der Waals surface area contributed by atoms with Crippen molar-refractivity contribution in [3.8, 4) is 22.5 Å². The number of nitrogens with one attached hydrogen (secondary N) is 2. The van der Waals surface area contributed by atoms with E-state index in [0.717, 1.165) is 55.4 Å². The molecule has 4 aromatic rings. The molecule has 32 heavy (non-hydrogen) atoms. The van der Waals surface area contributed by atoms with Gasteiger partial charge in [-0.2, -0.15) is 5.10 Å². The van der Waals surface area contributed by atoms with Crippen LogP contribution in [0, 0.1) is 0 Å². The van der Waals surface area contributed by atoms with Crippen LogP contribution in [0.3, 0.4) is 0 Å². The Kier molecular flexibility index (Phi) is 6.03. The quantitative estimate of drug-likeness (QED) is 0.360. The van der Waals surface area contributed by atoms with Gasteiger partial charge in [0.1, 0.15) is 11.3 Å². The second-order valence-electron chi connectivity index (χ2n) is 7.21. The molecule has 6 nitrogen and oxygen atoms in total. The van der Waals surface area contributed by atoms with Crippen molar-refractivity contribution in [2.45, 2.75) is 13.8 Å². The molecule has 6 heteroatoms. The number of pyridine rings is 2. The van der Waals surface area contributed by atoms with E-state index in [1.54, 1.807) is 30.9 Å². The minimum atomic E-state index is 0.761. The van der Waals surface area contributed by atoms with Crippen LogP contribution in [0.2, 0.25) is 0 Å². The first kappa shape index (κ1) is 20.9. The number of nitrogens with zero attached hydrogens (tertiary/aromatic N) is 4. The summed E-state index contributed by atoms with van der Waals surface area (Å²) in [5.74, 6) is 0. The Balaban J connectivity index is 1.73. The third kappa shape index (κ3) is 4.11. The highest BCUT2D eigenvalue weighted by Crippen LogP contribution is 2.29. The van der Waals surface area contributed by atoms with Crippen molar-refractivity contribution < 1.29 is 0 Å². The number of aromatic nitrogens is 5. The van der Waals surface area contributed by atoms with Gasteiger partial charge in [-0.3, -0.25) is 15.1 Å². The topological polar surface area (TPSA) is 82.6 Å². The van der Waals surface area contributed by atoms with Gasteiger partial charge in [0.15, 0.2) is 0 Å². The fraction of sp³-hybridized carbons (Fsp3) is 0.0769. The summed E-state index contributed by atoms with van der Waals surface area (Å²) in [6, 6.07) is 8.05. The van der Waals surface area contributed by atoms with Crippen molar-refractivity contribution in [1.29, 1.82) is 0 Å². The maximum atomic E-state index is 4.50. The minimum absolute atomic E-state index is 0.761. The molecule has 0 aliphatic carbocycles. The van der Waals surface area contributed by atoms with Crippen molar-refractivity contribution in [2.75, 3.05) is 0 Å². The summed E-state index contributed by atoms with van der Waals surface area (Å²) >= 11 is 0. The van der Waals surface area contributed by atoms with E-state index in [0.29, 0.717) is 0 Å². The van der Waals surface area contributed by atoms with Gasteiger partial charge in [0.2, 0.25) is 0 Å². The van der Waals surface area contributed by atoms with Gasteiger partial charge < -0.3 is 4.98 Å². The maximum absolute atomic E-state index is 4.50. The van der Waals surface area contributed by atoms with Crippen LogP contribution in [0.5, 0.6) is 0 Å². The Morgan fingerprint density at radius 2 is 1.97 bits per heavy atom. The molecule has 0 amide bonds. The van der Waals surface area contributed by atoms with Gasteiger partial charge in [-0.05, 0) is 60.9 Å². The van der Waals surface area contributed by atoms with Crippen LogP contribution in [-0.4, -0.2) is 31.4 Å². The second-order valence-corrected chi connectivity index (χ2v) is 7.21. The van der Waals surface area contributed by atoms with Crippen LogP contribution in [0.15, 0.2) is 83.9 Å². The molecule has 2 N–H and O–H groups in total. The summed E-state index contributed by atoms with van der Waals surface area (Å²) in [5.41, 5.74) is 6.51. The molecule has 4 rings (SSSR count). The van der Waals surface area contributed by atoms with Gasteiger partial charge in [0.05, 0.1) is 16.7 Å². The molecule has 0 spiro atoms. The van der Waals surface area contributed by atoms with Gasteiger partial charge in [0.25, 0.3) is 0 Å². The van der Waals surface area contributed by atoms with Crippen molar-refractivity contribution in [3.63, 3.8) is 0 Å². The van der Waals surface area contributed by atoms with Gasteiger partial charge >= 0.3 is 0 Å². The maximum Gasteiger partial charge on any atom is 0.138 e. The second kappa shape index (κ2) is 9.22. The highest BCUT2D eigenvalue weighted by molar-refractivity contribution is 5.95. The van der Waals surface area contributed by atoms with E-state index in [2.05, 4.69) is 49.4 Å². The minimum Gasteiger partial charge on any atom is -0.338 e. The third-order valence-corrected chi connectivity index (χ3v) is 5.17. The van der Waals surface area contributed by atoms with Crippen LogP contribution in [0.1, 0.15) is 13.8 Å². The SMILES string of the molecule is C=CC=NC(=C\C)/C(C)=C/C=c1/[nH]nc(-c2cc3c(-c4ccncc4)ccnc3[nH]2)c1=C. The predicted octanol–water partition coefficient (Wildman–Crippen LogP) is 4.31. The highest BCUT2D eigenvalue weighted by Gasteiger charge is 2.12. The molecule has 158 valence electrons. The molecular weight excluding hydrogens is 396 g/mol. The lowest BCUT2D eigenvalue weighted by Gasteiger charge is -2.01. The van der Waals surface area contributed by atoms with Gasteiger partial charge in [-0.25, -0.2) is 4.98 Å². The summed E-state index contributed by atoms with van der Waals surface area (Å²) in [6.45, 7) is 11.9. The Hall–Kier alpha value is -4.32. The van der Waals surface area contributed by atoms with E-state index < -0.39 is 0 Å². The molecule has 4 heterocycles. The Morgan fingerprint density at radius 1 is 1.16 bits per heavy atom. The van der Waals surface area contributed by atoms with Crippen LogP contribution < -0.4 is 10.6 Å². The van der Waals surface area contributed by atoms with Crippen molar-refractivity contribution >= 4 is 29.9 Å². The first-order chi connectivity index (χ1) is 15.6. The number of fused-ring (bicyclic) bond motifs is 1. The first-order valence-electron chi connectivity index (χ1n) is 10.2. The lowest BCUT2D eigenvalue weighted by Crippen LogP contribution is -2.21. The molecule has 0 aliphatic rings. The fourth-order valence-electron chi connectivity index (χ4n) is 3.51. The number of aromatic amines is 2. The highest BCUT2D eigenvalue weighted by atomic mass is 15.1. The van der Waals surface area contributed by atoms with E-state index >= 15 is 0 Å². The van der Waals surface area contributed by atoms with E-state index in [1.807, 2.05) is 50.3 Å². The molecule has 0 unspecified atom stereocenters. The summed E-state index contributed by atoms with van der Waals surface area (Å²) in [5, 5.41) is 10.3. The normalized spacial score (nSPS) is 13.4. The lowest BCUT2D eigenvalue weighted by atomic mass is 10.1. The molecule has 0 saturated carbocycles. The predicted molar refractivity (Wildman–Crippen MR) is 132 cm³/mol. The molecule has 0 bridgehead atoms. The average Bonchev–Trinajstić information content (AvgIpc) is 3.41. The summed E-state index contributed by atoms with van der Waals surface area (Å²) in [6.07, 6.45) is 14.6. The molecular formula is C26H24N6. The van der Waals surface area contributed by atoms with Crippen molar-refractivity contribution in [2.24, 2.45) is 4.99 Å². The smallest absolute Gasteiger partial charge is 0.138 e. The molecule has 0 aliphatic heterocycles. The molecule has 0 atom stereocenters. The zero-order valence-corrected chi connectivity index (χ0v) is 18.1. The average molecular weight is 421 g/mol. The van der Waals surface area contributed by atoms with Crippen molar-refractivity contribution in [1.82, 2.24) is 25.1 Å². The van der Waals surface area contributed by atoms with E-state index in [4.69, 9.17) is 0 Å². The third-order valence-electron chi connectivity index (χ3n) is 5.17. The molecule has 4 aromatic heterocycles. The summed E-state index contributed by atoms with van der Waals surface area (Å²) < 4.78 is 0. The molecule has 0 fully saturated rings. The Morgan fingerprint density at radius 3 is 2.72 bits per heavy atom. The van der Waals surface area contributed by atoms with Crippen LogP contribution in [0.4, 0.5) is 0 Å². The number of aliphatic imine (C=N–C) groups is 1. The number of allylic oxidation sites excluding steroid dienone is 4. The van der Waals surface area contributed by atoms with Gasteiger partial charge in [-0.15, -0.1) is 0 Å². The number of H-pyrrole nitrogens is 2. The largest absolute Gasteiger partial charge is 0.338 e. The zero-order chi connectivity index (χ0) is 22.5. The summed E-state index contributed by atoms with van der Waals surface area (Å²) in [7, 11) is 0. The fourth-order valence-corrected chi connectivity index (χ4v) is 3.51. The molecule has 0 aromatic carbocycles. The van der Waals surface area contributed by atoms with Crippen molar-refractivity contribution in [3.05, 3.63) is 89.5 Å². The van der Waals surface area contributed by atoms with Crippen LogP contribution in [-0.2, 0) is 0 Å². The Bertz CT molecular complexity index is 1470. The van der Waals surface area contributed by atoms with Crippen LogP contribution in [0.25, 0.3) is 46.2 Å². The standard InChI is InChI=1S/C26H24N6/c1-5-12-28-22(6-2)17(3)7-8-23-18(4)25(32-31-23)24-16-21-20(11-15-29-26(21)30-24)19-9-13-27-14-10-19/h5-16,31H,1,4H2,2-3H3,(H,29,30)/b17-7+,22-6-,23-8+,28-12?. The van der Waals surface area contributed by atoms with Crippen LogP contribution >= 0.6 is 0 Å².